The number of rotatable bonds is 5. The minimum atomic E-state index is -1.42. The average Bonchev–Trinajstić information content (AvgIpc) is 2.36. The van der Waals surface area contributed by atoms with Crippen molar-refractivity contribution in [3.05, 3.63) is 29.8 Å². The summed E-state index contributed by atoms with van der Waals surface area (Å²) >= 11 is 0. The monoisotopic (exact) mass is 312 g/mol. The van der Waals surface area contributed by atoms with Crippen molar-refractivity contribution in [1.29, 1.82) is 0 Å². The normalized spacial score (nSPS) is 11.1. The van der Waals surface area contributed by atoms with Gasteiger partial charge in [0.1, 0.15) is 0 Å². The second-order valence-corrected chi connectivity index (χ2v) is 10.8. The maximum Gasteiger partial charge on any atom is 0.543 e. The van der Waals surface area contributed by atoms with E-state index in [1.165, 1.54) is 5.19 Å². The van der Waals surface area contributed by atoms with Gasteiger partial charge in [0.2, 0.25) is 0 Å². The Balaban J connectivity index is 2.48. The van der Waals surface area contributed by atoms with Crippen molar-refractivity contribution < 1.29 is 29.1 Å². The standard InChI is InChI=1S/C14H20O6Si/c1-10(2)17-14(16)19-20-18-13(15)11-6-8-12(9-7-11)21(3,4)5/h6-10H,1-5H3. The summed E-state index contributed by atoms with van der Waals surface area (Å²) in [7, 11) is -1.42. The van der Waals surface area contributed by atoms with Crippen molar-refractivity contribution in [2.45, 2.75) is 39.6 Å². The molecule has 0 heterocycles. The highest BCUT2D eigenvalue weighted by Crippen LogP contribution is 2.06. The molecular formula is C14H20O6Si. The van der Waals surface area contributed by atoms with Gasteiger partial charge >= 0.3 is 12.1 Å². The Hall–Kier alpha value is -1.86. The van der Waals surface area contributed by atoms with E-state index in [-0.39, 0.29) is 6.10 Å². The zero-order chi connectivity index (χ0) is 16.0. The van der Waals surface area contributed by atoms with Crippen LogP contribution in [0, 0.1) is 0 Å². The van der Waals surface area contributed by atoms with E-state index in [9.17, 15) is 9.59 Å². The van der Waals surface area contributed by atoms with E-state index in [0.717, 1.165) is 0 Å². The van der Waals surface area contributed by atoms with Crippen molar-refractivity contribution >= 4 is 25.4 Å². The lowest BCUT2D eigenvalue weighted by atomic mass is 10.2. The maximum atomic E-state index is 11.6. The number of carbonyl (C=O) groups excluding carboxylic acids is 2. The first kappa shape index (κ1) is 17.2. The summed E-state index contributed by atoms with van der Waals surface area (Å²) in [5.74, 6) is -0.755. The predicted octanol–water partition coefficient (Wildman–Crippen LogP) is 2.80. The van der Waals surface area contributed by atoms with Crippen LogP contribution in [0.4, 0.5) is 4.79 Å². The molecule has 116 valence electrons. The van der Waals surface area contributed by atoms with Crippen LogP contribution in [-0.2, 0) is 19.6 Å². The molecule has 21 heavy (non-hydrogen) atoms. The average molecular weight is 312 g/mol. The fourth-order valence-electron chi connectivity index (χ4n) is 1.44. The molecule has 6 nitrogen and oxygen atoms in total. The van der Waals surface area contributed by atoms with E-state index < -0.39 is 20.2 Å². The number of ether oxygens (including phenoxy) is 1. The summed E-state index contributed by atoms with van der Waals surface area (Å²) in [5.41, 5.74) is 0.304. The molecule has 0 N–H and O–H groups in total. The van der Waals surface area contributed by atoms with Crippen molar-refractivity contribution in [3.8, 4) is 0 Å². The van der Waals surface area contributed by atoms with Crippen molar-refractivity contribution in [2.24, 2.45) is 0 Å². The van der Waals surface area contributed by atoms with Gasteiger partial charge in [0.15, 0.2) is 0 Å². The zero-order valence-corrected chi connectivity index (χ0v) is 13.8. The van der Waals surface area contributed by atoms with Crippen molar-refractivity contribution in [3.63, 3.8) is 0 Å². The molecule has 0 aromatic heterocycles. The Morgan fingerprint density at radius 2 is 1.57 bits per heavy atom. The highest BCUT2D eigenvalue weighted by atomic mass is 28.3. The molecule has 0 amide bonds. The third kappa shape index (κ3) is 5.97. The van der Waals surface area contributed by atoms with Gasteiger partial charge in [0.05, 0.1) is 24.8 Å². The lowest BCUT2D eigenvalue weighted by molar-refractivity contribution is -0.452. The summed E-state index contributed by atoms with van der Waals surface area (Å²) < 4.78 is 4.62. The van der Waals surface area contributed by atoms with Crippen LogP contribution in [0.5, 0.6) is 0 Å². The molecule has 1 rings (SSSR count). The number of hydrogen-bond donors (Lipinski definition) is 0. The summed E-state index contributed by atoms with van der Waals surface area (Å²) in [6.07, 6.45) is -1.43. The van der Waals surface area contributed by atoms with Crippen molar-refractivity contribution in [1.82, 2.24) is 0 Å². The minimum Gasteiger partial charge on any atom is -0.430 e. The van der Waals surface area contributed by atoms with Crippen LogP contribution >= 0.6 is 0 Å². The molecule has 1 aromatic carbocycles. The van der Waals surface area contributed by atoms with Gasteiger partial charge in [-0.1, -0.05) is 37.0 Å². The van der Waals surface area contributed by atoms with Crippen LogP contribution in [0.2, 0.25) is 19.6 Å². The predicted molar refractivity (Wildman–Crippen MR) is 78.6 cm³/mol. The van der Waals surface area contributed by atoms with Crippen LogP contribution in [0.25, 0.3) is 0 Å². The Morgan fingerprint density at radius 3 is 2.05 bits per heavy atom. The molecule has 0 saturated carbocycles. The first-order valence-electron chi connectivity index (χ1n) is 6.57. The first-order valence-corrected chi connectivity index (χ1v) is 10.1. The molecule has 0 unspecified atom stereocenters. The van der Waals surface area contributed by atoms with Crippen LogP contribution in [0.3, 0.4) is 0 Å². The lowest BCUT2D eigenvalue weighted by Gasteiger charge is -2.16. The van der Waals surface area contributed by atoms with E-state index in [1.807, 2.05) is 12.1 Å². The molecule has 0 aliphatic heterocycles. The summed E-state index contributed by atoms with van der Waals surface area (Å²) in [4.78, 5) is 31.1. The molecule has 0 spiro atoms. The molecule has 0 aliphatic rings. The SMILES string of the molecule is CC(C)OC(=O)OOOC(=O)c1ccc([Si](C)(C)C)cc1. The Kier molecular flexibility index (Phi) is 5.92. The minimum absolute atomic E-state index is 0.304. The van der Waals surface area contributed by atoms with Gasteiger partial charge in [-0.05, 0) is 26.0 Å². The molecular weight excluding hydrogens is 292 g/mol. The molecule has 0 fully saturated rings. The Morgan fingerprint density at radius 1 is 1.00 bits per heavy atom. The van der Waals surface area contributed by atoms with Gasteiger partial charge in [0, 0.05) is 0 Å². The number of benzene rings is 1. The molecule has 0 saturated heterocycles. The quantitative estimate of drug-likeness (QED) is 0.360. The van der Waals surface area contributed by atoms with E-state index >= 15 is 0 Å². The smallest absolute Gasteiger partial charge is 0.430 e. The third-order valence-corrected chi connectivity index (χ3v) is 4.60. The van der Waals surface area contributed by atoms with E-state index in [2.05, 4.69) is 39.2 Å². The topological polar surface area (TPSA) is 71.1 Å². The Bertz CT molecular complexity index is 489. The molecule has 0 aliphatic carbocycles. The largest absolute Gasteiger partial charge is 0.543 e. The molecule has 7 heteroatoms. The summed E-state index contributed by atoms with van der Waals surface area (Å²) in [6.45, 7) is 9.91. The van der Waals surface area contributed by atoms with Crippen LogP contribution in [-0.4, -0.2) is 26.3 Å². The first-order chi connectivity index (χ1) is 9.70. The highest BCUT2D eigenvalue weighted by Gasteiger charge is 2.18. The molecule has 0 atom stereocenters. The van der Waals surface area contributed by atoms with Crippen LogP contribution in [0.15, 0.2) is 24.3 Å². The fraction of sp³-hybridized carbons (Fsp3) is 0.429. The lowest BCUT2D eigenvalue weighted by Crippen LogP contribution is -2.37. The second kappa shape index (κ2) is 7.23. The highest BCUT2D eigenvalue weighted by molar-refractivity contribution is 6.88. The fourth-order valence-corrected chi connectivity index (χ4v) is 2.61. The van der Waals surface area contributed by atoms with Crippen molar-refractivity contribution in [2.75, 3.05) is 0 Å². The molecule has 0 bridgehead atoms. The number of hydrogen-bond acceptors (Lipinski definition) is 6. The third-order valence-electron chi connectivity index (χ3n) is 2.53. The van der Waals surface area contributed by atoms with E-state index in [1.54, 1.807) is 26.0 Å². The zero-order valence-electron chi connectivity index (χ0n) is 12.8. The van der Waals surface area contributed by atoms with Crippen LogP contribution < -0.4 is 5.19 Å². The van der Waals surface area contributed by atoms with Gasteiger partial charge < -0.3 is 4.74 Å². The van der Waals surface area contributed by atoms with Gasteiger partial charge in [-0.2, -0.15) is 0 Å². The van der Waals surface area contributed by atoms with Gasteiger partial charge in [0.25, 0.3) is 0 Å². The van der Waals surface area contributed by atoms with Gasteiger partial charge in [-0.15, -0.1) is 0 Å². The maximum absolute atomic E-state index is 11.6. The summed E-state index contributed by atoms with van der Waals surface area (Å²) in [5, 5.41) is 5.31. The second-order valence-electron chi connectivity index (χ2n) is 5.77. The van der Waals surface area contributed by atoms with Crippen LogP contribution in [0.1, 0.15) is 24.2 Å². The number of carbonyl (C=O) groups is 2. The van der Waals surface area contributed by atoms with E-state index in [0.29, 0.717) is 5.56 Å². The Labute approximate surface area is 124 Å². The summed E-state index contributed by atoms with van der Waals surface area (Å²) in [6, 6.07) is 7.06. The van der Waals surface area contributed by atoms with Gasteiger partial charge in [-0.3, -0.25) is 4.89 Å². The van der Waals surface area contributed by atoms with Gasteiger partial charge in [-0.25, -0.2) is 14.5 Å². The van der Waals surface area contributed by atoms with E-state index in [4.69, 9.17) is 0 Å². The molecule has 1 aromatic rings. The molecule has 0 radical (unpaired) electrons.